The highest BCUT2D eigenvalue weighted by Crippen LogP contribution is 2.25. The number of imidazole rings is 1. The van der Waals surface area contributed by atoms with E-state index in [0.717, 1.165) is 12.1 Å². The maximum atomic E-state index is 13.7. The van der Waals surface area contributed by atoms with Gasteiger partial charge in [0.05, 0.1) is 6.61 Å². The van der Waals surface area contributed by atoms with Gasteiger partial charge in [-0.1, -0.05) is 0 Å². The molecule has 3 rings (SSSR count). The summed E-state index contributed by atoms with van der Waals surface area (Å²) in [5.41, 5.74) is -0.705. The molecule has 0 bridgehead atoms. The van der Waals surface area contributed by atoms with Crippen molar-refractivity contribution >= 4 is 5.91 Å². The summed E-state index contributed by atoms with van der Waals surface area (Å²) in [6.45, 7) is 1.16. The van der Waals surface area contributed by atoms with Crippen molar-refractivity contribution in [2.45, 2.75) is 25.6 Å². The molecule has 0 aliphatic carbocycles. The second-order valence-electron chi connectivity index (χ2n) is 5.24. The van der Waals surface area contributed by atoms with E-state index in [1.807, 2.05) is 5.32 Å². The Bertz CT molecular complexity index is 740. The Morgan fingerprint density at radius 3 is 2.83 bits per heavy atom. The highest BCUT2D eigenvalue weighted by Gasteiger charge is 2.29. The van der Waals surface area contributed by atoms with Gasteiger partial charge in [0.2, 0.25) is 0 Å². The molecule has 0 fully saturated rings. The fourth-order valence-electron chi connectivity index (χ4n) is 2.44. The van der Waals surface area contributed by atoms with Crippen LogP contribution in [-0.2, 0) is 17.9 Å². The van der Waals surface area contributed by atoms with Crippen LogP contribution in [0, 0.1) is 11.6 Å². The molecule has 0 saturated carbocycles. The number of carbonyl (C=O) groups excluding carboxylic acids is 1. The zero-order valence-corrected chi connectivity index (χ0v) is 12.3. The maximum absolute atomic E-state index is 13.7. The number of hydrogen-bond donors (Lipinski definition) is 1. The van der Waals surface area contributed by atoms with Crippen molar-refractivity contribution in [3.8, 4) is 0 Å². The molecule has 1 N–H and O–H groups in total. The Labute approximate surface area is 134 Å². The van der Waals surface area contributed by atoms with Gasteiger partial charge in [0.15, 0.2) is 0 Å². The molecule has 1 atom stereocenters. The Morgan fingerprint density at radius 2 is 2.12 bits per heavy atom. The fraction of sp³-hybridized carbons (Fsp3) is 0.333. The number of aromatic nitrogens is 2. The lowest BCUT2D eigenvalue weighted by atomic mass is 10.1. The topological polar surface area (TPSA) is 56.2 Å². The second kappa shape index (κ2) is 6.60. The monoisotopic (exact) mass is 343 g/mol. The van der Waals surface area contributed by atoms with E-state index in [1.165, 1.54) is 6.20 Å². The molecular formula is C15H13F4N3O2. The molecule has 2 heterocycles. The Balaban J connectivity index is 1.84. The third-order valence-electron chi connectivity index (χ3n) is 3.63. The zero-order chi connectivity index (χ0) is 17.3. The summed E-state index contributed by atoms with van der Waals surface area (Å²) in [7, 11) is 0. The summed E-state index contributed by atoms with van der Waals surface area (Å²) in [6.07, 6.45) is -1.71. The van der Waals surface area contributed by atoms with Gasteiger partial charge in [-0.05, 0) is 18.2 Å². The van der Waals surface area contributed by atoms with E-state index in [4.69, 9.17) is 4.74 Å². The van der Waals surface area contributed by atoms with Gasteiger partial charge < -0.3 is 14.6 Å². The molecule has 9 heteroatoms. The first-order valence-electron chi connectivity index (χ1n) is 7.13. The van der Waals surface area contributed by atoms with Gasteiger partial charge in [0.25, 0.3) is 12.3 Å². The van der Waals surface area contributed by atoms with Gasteiger partial charge in [-0.15, -0.1) is 0 Å². The van der Waals surface area contributed by atoms with Crippen LogP contribution >= 0.6 is 0 Å². The lowest BCUT2D eigenvalue weighted by Gasteiger charge is -2.18. The lowest BCUT2D eigenvalue weighted by Crippen LogP contribution is -2.34. The molecule has 1 aromatic carbocycles. The second-order valence-corrected chi connectivity index (χ2v) is 5.24. The molecular weight excluding hydrogens is 330 g/mol. The third-order valence-corrected chi connectivity index (χ3v) is 3.63. The molecule has 0 spiro atoms. The van der Waals surface area contributed by atoms with Crippen molar-refractivity contribution in [3.05, 3.63) is 53.1 Å². The van der Waals surface area contributed by atoms with Crippen LogP contribution in [0.2, 0.25) is 0 Å². The molecule has 1 aliphatic rings. The molecule has 0 saturated heterocycles. The molecule has 24 heavy (non-hydrogen) atoms. The third kappa shape index (κ3) is 3.25. The number of nitrogens with zero attached hydrogens (tertiary/aromatic N) is 2. The zero-order valence-electron chi connectivity index (χ0n) is 12.3. The van der Waals surface area contributed by atoms with E-state index in [9.17, 15) is 22.4 Å². The van der Waals surface area contributed by atoms with Crippen LogP contribution in [0.15, 0.2) is 24.4 Å². The van der Waals surface area contributed by atoms with Gasteiger partial charge in [-0.3, -0.25) is 4.79 Å². The van der Waals surface area contributed by atoms with Gasteiger partial charge in [-0.25, -0.2) is 22.5 Å². The molecule has 2 aromatic rings. The average molecular weight is 343 g/mol. The van der Waals surface area contributed by atoms with Crippen LogP contribution in [0.4, 0.5) is 17.6 Å². The molecule has 5 nitrogen and oxygen atoms in total. The van der Waals surface area contributed by atoms with Crippen LogP contribution in [0.25, 0.3) is 0 Å². The van der Waals surface area contributed by atoms with Crippen molar-refractivity contribution < 1.29 is 27.1 Å². The van der Waals surface area contributed by atoms with Crippen molar-refractivity contribution in [3.63, 3.8) is 0 Å². The van der Waals surface area contributed by atoms with Crippen LogP contribution < -0.4 is 5.32 Å². The van der Waals surface area contributed by atoms with Crippen LogP contribution in [0.1, 0.15) is 27.9 Å². The Hall–Kier alpha value is -2.42. The molecule has 0 radical (unpaired) electrons. The van der Waals surface area contributed by atoms with E-state index in [-0.39, 0.29) is 12.3 Å². The minimum absolute atomic E-state index is 0.0852. The van der Waals surface area contributed by atoms with Crippen LogP contribution in [0.5, 0.6) is 0 Å². The number of ether oxygens (including phenoxy) is 1. The summed E-state index contributed by atoms with van der Waals surface area (Å²) in [4.78, 5) is 16.2. The predicted octanol–water partition coefficient (Wildman–Crippen LogP) is 2.43. The molecule has 1 amide bonds. The normalized spacial score (nSPS) is 15.2. The SMILES string of the molecule is O=C(NC(c1cc(F)ccc1F)C(F)F)c1cn2c(n1)COCC2. The molecule has 128 valence electrons. The van der Waals surface area contributed by atoms with Gasteiger partial charge in [0.1, 0.15) is 35.8 Å². The van der Waals surface area contributed by atoms with Crippen LogP contribution in [0.3, 0.4) is 0 Å². The highest BCUT2D eigenvalue weighted by atomic mass is 19.3. The number of carbonyl (C=O) groups is 1. The minimum Gasteiger partial charge on any atom is -0.372 e. The number of amides is 1. The number of halogens is 4. The standard InChI is InChI=1S/C15H13F4N3O2/c16-8-1-2-10(17)9(5-8)13(14(18)19)21-15(23)11-6-22-3-4-24-7-12(22)20-11/h1-2,5-6,13-14H,3-4,7H2,(H,21,23). The van der Waals surface area contributed by atoms with E-state index in [1.54, 1.807) is 4.57 Å². The molecule has 1 aliphatic heterocycles. The summed E-state index contributed by atoms with van der Waals surface area (Å²) in [5, 5.41) is 2.01. The summed E-state index contributed by atoms with van der Waals surface area (Å²) < 4.78 is 60.3. The quantitative estimate of drug-likeness (QED) is 0.868. The van der Waals surface area contributed by atoms with Gasteiger partial charge >= 0.3 is 0 Å². The molecule has 1 aromatic heterocycles. The first kappa shape index (κ1) is 16.4. The summed E-state index contributed by atoms with van der Waals surface area (Å²) in [5.74, 6) is -2.30. The largest absolute Gasteiger partial charge is 0.372 e. The van der Waals surface area contributed by atoms with E-state index in [0.29, 0.717) is 25.0 Å². The number of alkyl halides is 2. The van der Waals surface area contributed by atoms with Crippen molar-refractivity contribution in [2.24, 2.45) is 0 Å². The smallest absolute Gasteiger partial charge is 0.272 e. The van der Waals surface area contributed by atoms with Gasteiger partial charge in [0, 0.05) is 18.3 Å². The lowest BCUT2D eigenvalue weighted by molar-refractivity contribution is 0.0731. The number of hydrogen-bond acceptors (Lipinski definition) is 3. The highest BCUT2D eigenvalue weighted by molar-refractivity contribution is 5.92. The Kier molecular flexibility index (Phi) is 4.52. The van der Waals surface area contributed by atoms with E-state index >= 15 is 0 Å². The first-order valence-corrected chi connectivity index (χ1v) is 7.13. The minimum atomic E-state index is -3.12. The number of fused-ring (bicyclic) bond motifs is 1. The number of rotatable bonds is 4. The van der Waals surface area contributed by atoms with Crippen molar-refractivity contribution in [2.75, 3.05) is 6.61 Å². The number of nitrogens with one attached hydrogen (secondary N) is 1. The summed E-state index contributed by atoms with van der Waals surface area (Å²) in [6, 6.07) is 0.201. The van der Waals surface area contributed by atoms with Crippen molar-refractivity contribution in [1.29, 1.82) is 0 Å². The van der Waals surface area contributed by atoms with E-state index < -0.39 is 35.6 Å². The maximum Gasteiger partial charge on any atom is 0.272 e. The van der Waals surface area contributed by atoms with Gasteiger partial charge in [-0.2, -0.15) is 0 Å². The average Bonchev–Trinajstić information content (AvgIpc) is 2.99. The Morgan fingerprint density at radius 1 is 1.33 bits per heavy atom. The van der Waals surface area contributed by atoms with E-state index in [2.05, 4.69) is 4.98 Å². The summed E-state index contributed by atoms with van der Waals surface area (Å²) >= 11 is 0. The number of benzene rings is 1. The van der Waals surface area contributed by atoms with Crippen molar-refractivity contribution in [1.82, 2.24) is 14.9 Å². The first-order chi connectivity index (χ1) is 11.5. The van der Waals surface area contributed by atoms with Crippen LogP contribution in [-0.4, -0.2) is 28.5 Å². The molecule has 1 unspecified atom stereocenters. The predicted molar refractivity (Wildman–Crippen MR) is 74.5 cm³/mol. The fourth-order valence-corrected chi connectivity index (χ4v) is 2.44.